The third-order valence-electron chi connectivity index (χ3n) is 4.32. The van der Waals surface area contributed by atoms with Crippen molar-refractivity contribution in [2.45, 2.75) is 63.1 Å². The standard InChI is InChI=1S/C18H32N6O8/c19-8-2-1-3-12(18(31)32)23-14(26)9-22-17(30)11(5-7-15(27)28)24-16(29)10(20)4-6-13(21)25/h10-12H,1-9,19-20H2,(H2,21,25)(H,22,30)(H,23,26)(H,24,29)(H,27,28)(H,31,32). The van der Waals surface area contributed by atoms with Crippen LogP contribution < -0.4 is 33.2 Å². The molecule has 32 heavy (non-hydrogen) atoms. The number of nitrogens with one attached hydrogen (secondary N) is 3. The lowest BCUT2D eigenvalue weighted by atomic mass is 10.1. The van der Waals surface area contributed by atoms with E-state index in [9.17, 15) is 28.8 Å². The number of rotatable bonds is 17. The molecule has 0 aromatic rings. The molecule has 182 valence electrons. The number of nitrogens with two attached hydrogens (primary N) is 3. The zero-order chi connectivity index (χ0) is 24.7. The molecule has 0 fully saturated rings. The molecule has 0 aliphatic carbocycles. The van der Waals surface area contributed by atoms with E-state index in [0.717, 1.165) is 0 Å². The molecule has 11 N–H and O–H groups in total. The van der Waals surface area contributed by atoms with E-state index < -0.39 is 66.7 Å². The van der Waals surface area contributed by atoms with Crippen LogP contribution in [0.4, 0.5) is 0 Å². The molecule has 14 nitrogen and oxygen atoms in total. The van der Waals surface area contributed by atoms with Gasteiger partial charge in [-0.05, 0) is 38.6 Å². The van der Waals surface area contributed by atoms with Gasteiger partial charge in [0.1, 0.15) is 12.1 Å². The highest BCUT2D eigenvalue weighted by Crippen LogP contribution is 2.02. The summed E-state index contributed by atoms with van der Waals surface area (Å²) in [6.45, 7) is -0.210. The molecule has 3 unspecified atom stereocenters. The molecule has 0 heterocycles. The molecule has 0 aliphatic rings. The number of carboxylic acids is 2. The Morgan fingerprint density at radius 2 is 1.47 bits per heavy atom. The minimum atomic E-state index is -1.31. The summed E-state index contributed by atoms with van der Waals surface area (Å²) >= 11 is 0. The largest absolute Gasteiger partial charge is 0.481 e. The highest BCUT2D eigenvalue weighted by Gasteiger charge is 2.26. The molecule has 4 amide bonds. The van der Waals surface area contributed by atoms with E-state index in [1.54, 1.807) is 0 Å². The molecule has 3 atom stereocenters. The number of aliphatic carboxylic acids is 2. The fourth-order valence-corrected chi connectivity index (χ4v) is 2.53. The van der Waals surface area contributed by atoms with E-state index in [0.29, 0.717) is 19.4 Å². The SMILES string of the molecule is NCCCCC(NC(=O)CNC(=O)C(CCC(=O)O)NC(=O)C(N)CCC(N)=O)C(=O)O. The molecule has 0 aromatic carbocycles. The number of carbonyl (C=O) groups excluding carboxylic acids is 4. The van der Waals surface area contributed by atoms with E-state index in [1.165, 1.54) is 0 Å². The Hall–Kier alpha value is -3.26. The van der Waals surface area contributed by atoms with Crippen molar-refractivity contribution in [2.75, 3.05) is 13.1 Å². The average molecular weight is 460 g/mol. The Balaban J connectivity index is 4.86. The topological polar surface area (TPSA) is 257 Å². The number of hydrogen-bond acceptors (Lipinski definition) is 8. The first kappa shape index (κ1) is 28.7. The highest BCUT2D eigenvalue weighted by atomic mass is 16.4. The maximum atomic E-state index is 12.4. The van der Waals surface area contributed by atoms with Crippen LogP contribution in [0, 0.1) is 0 Å². The first-order chi connectivity index (χ1) is 15.0. The van der Waals surface area contributed by atoms with Crippen molar-refractivity contribution in [3.05, 3.63) is 0 Å². The Labute approximate surface area is 184 Å². The third-order valence-corrected chi connectivity index (χ3v) is 4.32. The smallest absolute Gasteiger partial charge is 0.326 e. The van der Waals surface area contributed by atoms with Gasteiger partial charge in [0.05, 0.1) is 12.6 Å². The molecule has 0 aliphatic heterocycles. The summed E-state index contributed by atoms with van der Waals surface area (Å²) in [5, 5.41) is 24.8. The monoisotopic (exact) mass is 460 g/mol. The highest BCUT2D eigenvalue weighted by molar-refractivity contribution is 5.93. The van der Waals surface area contributed by atoms with Crippen molar-refractivity contribution in [2.24, 2.45) is 17.2 Å². The van der Waals surface area contributed by atoms with Crippen LogP contribution in [0.2, 0.25) is 0 Å². The normalized spacial score (nSPS) is 13.3. The van der Waals surface area contributed by atoms with Gasteiger partial charge < -0.3 is 43.4 Å². The molecule has 0 bridgehead atoms. The minimum absolute atomic E-state index is 0.0718. The molecule has 0 radical (unpaired) electrons. The number of carboxylic acid groups (broad SMARTS) is 2. The summed E-state index contributed by atoms with van der Waals surface area (Å²) in [5.41, 5.74) is 16.0. The second-order valence-electron chi connectivity index (χ2n) is 7.07. The van der Waals surface area contributed by atoms with Crippen molar-refractivity contribution in [1.29, 1.82) is 0 Å². The van der Waals surface area contributed by atoms with Crippen LogP contribution >= 0.6 is 0 Å². The van der Waals surface area contributed by atoms with Crippen molar-refractivity contribution < 1.29 is 39.0 Å². The molecular formula is C18H32N6O8. The first-order valence-electron chi connectivity index (χ1n) is 10.0. The molecule has 0 saturated heterocycles. The van der Waals surface area contributed by atoms with Crippen LogP contribution in [0.1, 0.15) is 44.9 Å². The first-order valence-corrected chi connectivity index (χ1v) is 10.0. The van der Waals surface area contributed by atoms with Gasteiger partial charge in [-0.2, -0.15) is 0 Å². The molecule has 0 saturated carbocycles. The van der Waals surface area contributed by atoms with Crippen LogP contribution in [-0.4, -0.2) is 77.0 Å². The van der Waals surface area contributed by atoms with Gasteiger partial charge in [0, 0.05) is 12.8 Å². The van der Waals surface area contributed by atoms with E-state index in [-0.39, 0.29) is 25.7 Å². The second-order valence-corrected chi connectivity index (χ2v) is 7.07. The lowest BCUT2D eigenvalue weighted by Gasteiger charge is -2.20. The molecule has 0 aromatic heterocycles. The van der Waals surface area contributed by atoms with Gasteiger partial charge in [-0.25, -0.2) is 4.79 Å². The van der Waals surface area contributed by atoms with Crippen molar-refractivity contribution in [3.63, 3.8) is 0 Å². The van der Waals surface area contributed by atoms with Crippen LogP contribution in [0.15, 0.2) is 0 Å². The Bertz CT molecular complexity index is 686. The lowest BCUT2D eigenvalue weighted by Crippen LogP contribution is -2.53. The number of carbonyl (C=O) groups is 6. The third kappa shape index (κ3) is 13.1. The Kier molecular flexibility index (Phi) is 13.9. The summed E-state index contributed by atoms with van der Waals surface area (Å²) in [6.07, 6.45) is 0.264. The van der Waals surface area contributed by atoms with Gasteiger partial charge in [0.25, 0.3) is 0 Å². The molecule has 0 spiro atoms. The van der Waals surface area contributed by atoms with Gasteiger partial charge in [0.2, 0.25) is 23.6 Å². The Morgan fingerprint density at radius 1 is 0.812 bits per heavy atom. The predicted octanol–water partition coefficient (Wildman–Crippen LogP) is -3.26. The fraction of sp³-hybridized carbons (Fsp3) is 0.667. The van der Waals surface area contributed by atoms with E-state index in [4.69, 9.17) is 27.4 Å². The summed E-state index contributed by atoms with van der Waals surface area (Å²) in [6, 6.07) is -3.63. The van der Waals surface area contributed by atoms with Crippen LogP contribution in [-0.2, 0) is 28.8 Å². The van der Waals surface area contributed by atoms with Crippen LogP contribution in [0.5, 0.6) is 0 Å². The summed E-state index contributed by atoms with van der Waals surface area (Å²) in [5.74, 6) is -5.55. The van der Waals surface area contributed by atoms with Gasteiger partial charge in [-0.1, -0.05) is 0 Å². The molecular weight excluding hydrogens is 428 g/mol. The van der Waals surface area contributed by atoms with Crippen molar-refractivity contribution in [3.8, 4) is 0 Å². The molecule has 14 heteroatoms. The summed E-state index contributed by atoms with van der Waals surface area (Å²) in [4.78, 5) is 69.4. The summed E-state index contributed by atoms with van der Waals surface area (Å²) < 4.78 is 0. The zero-order valence-electron chi connectivity index (χ0n) is 17.7. The van der Waals surface area contributed by atoms with Gasteiger partial charge in [-0.15, -0.1) is 0 Å². The zero-order valence-corrected chi connectivity index (χ0v) is 17.7. The van der Waals surface area contributed by atoms with E-state index in [1.807, 2.05) is 0 Å². The van der Waals surface area contributed by atoms with Crippen molar-refractivity contribution in [1.82, 2.24) is 16.0 Å². The van der Waals surface area contributed by atoms with E-state index in [2.05, 4.69) is 16.0 Å². The van der Waals surface area contributed by atoms with Gasteiger partial charge >= 0.3 is 11.9 Å². The Morgan fingerprint density at radius 3 is 2.00 bits per heavy atom. The maximum absolute atomic E-state index is 12.4. The number of hydrogen-bond donors (Lipinski definition) is 8. The number of primary amides is 1. The van der Waals surface area contributed by atoms with Gasteiger partial charge in [-0.3, -0.25) is 24.0 Å². The van der Waals surface area contributed by atoms with Crippen LogP contribution in [0.25, 0.3) is 0 Å². The van der Waals surface area contributed by atoms with E-state index >= 15 is 0 Å². The lowest BCUT2D eigenvalue weighted by molar-refractivity contribution is -0.142. The van der Waals surface area contributed by atoms with Crippen molar-refractivity contribution >= 4 is 35.6 Å². The minimum Gasteiger partial charge on any atom is -0.481 e. The maximum Gasteiger partial charge on any atom is 0.326 e. The predicted molar refractivity (Wildman–Crippen MR) is 111 cm³/mol. The molecule has 0 rings (SSSR count). The second kappa shape index (κ2) is 15.5. The van der Waals surface area contributed by atoms with Gasteiger partial charge in [0.15, 0.2) is 0 Å². The summed E-state index contributed by atoms with van der Waals surface area (Å²) in [7, 11) is 0. The van der Waals surface area contributed by atoms with Crippen LogP contribution in [0.3, 0.4) is 0 Å². The average Bonchev–Trinajstić information content (AvgIpc) is 2.71. The number of unbranched alkanes of at least 4 members (excludes halogenated alkanes) is 1. The fourth-order valence-electron chi connectivity index (χ4n) is 2.53. The number of amides is 4. The quantitative estimate of drug-likeness (QED) is 0.100.